The minimum Gasteiger partial charge on any atom is -0.489 e. The topological polar surface area (TPSA) is 35.5 Å². The Balaban J connectivity index is 2.23. The highest BCUT2D eigenvalue weighted by molar-refractivity contribution is 5.91. The van der Waals surface area contributed by atoms with Gasteiger partial charge in [0.1, 0.15) is 12.4 Å². The van der Waals surface area contributed by atoms with E-state index in [1.54, 1.807) is 6.07 Å². The molecule has 0 radical (unpaired) electrons. The summed E-state index contributed by atoms with van der Waals surface area (Å²) >= 11 is 0. The predicted molar refractivity (Wildman–Crippen MR) is 82.6 cm³/mol. The highest BCUT2D eigenvalue weighted by Crippen LogP contribution is 2.25. The summed E-state index contributed by atoms with van der Waals surface area (Å²) in [5.74, 6) is 0.437. The van der Waals surface area contributed by atoms with Crippen LogP contribution in [0.15, 0.2) is 48.5 Å². The molecular weight excluding hydrogens is 264 g/mol. The van der Waals surface area contributed by atoms with E-state index in [1.165, 1.54) is 7.11 Å². The standard InChI is InChI=1S/C18H20O3/c1-3-8-15-16(18(19)20-2)11-7-12-17(15)21-13-14-9-5-4-6-10-14/h4-7,9-12H,3,8,13H2,1-2H3. The molecule has 21 heavy (non-hydrogen) atoms. The number of hydrogen-bond acceptors (Lipinski definition) is 3. The van der Waals surface area contributed by atoms with Gasteiger partial charge in [-0.3, -0.25) is 0 Å². The molecule has 0 aromatic heterocycles. The zero-order valence-corrected chi connectivity index (χ0v) is 12.5. The maximum absolute atomic E-state index is 11.9. The molecule has 0 spiro atoms. The van der Waals surface area contributed by atoms with Crippen molar-refractivity contribution in [2.75, 3.05) is 7.11 Å². The smallest absolute Gasteiger partial charge is 0.338 e. The lowest BCUT2D eigenvalue weighted by Gasteiger charge is -2.14. The van der Waals surface area contributed by atoms with Gasteiger partial charge in [-0.2, -0.15) is 0 Å². The van der Waals surface area contributed by atoms with Gasteiger partial charge in [-0.05, 0) is 24.1 Å². The summed E-state index contributed by atoms with van der Waals surface area (Å²) in [4.78, 5) is 11.9. The fraction of sp³-hybridized carbons (Fsp3) is 0.278. The first-order valence-corrected chi connectivity index (χ1v) is 7.13. The fourth-order valence-corrected chi connectivity index (χ4v) is 2.25. The Kier molecular flexibility index (Phi) is 5.38. The second kappa shape index (κ2) is 7.48. The van der Waals surface area contributed by atoms with Crippen LogP contribution in [0.1, 0.15) is 34.8 Å². The Morgan fingerprint density at radius 1 is 1.05 bits per heavy atom. The van der Waals surface area contributed by atoms with Crippen molar-refractivity contribution in [3.05, 3.63) is 65.2 Å². The zero-order chi connectivity index (χ0) is 15.1. The van der Waals surface area contributed by atoms with Gasteiger partial charge in [0.15, 0.2) is 0 Å². The van der Waals surface area contributed by atoms with Crippen LogP contribution in [-0.4, -0.2) is 13.1 Å². The minimum absolute atomic E-state index is 0.316. The number of carbonyl (C=O) groups excluding carboxylic acids is 1. The van der Waals surface area contributed by atoms with E-state index >= 15 is 0 Å². The SMILES string of the molecule is CCCc1c(OCc2ccccc2)cccc1C(=O)OC. The normalized spacial score (nSPS) is 10.2. The van der Waals surface area contributed by atoms with Crippen molar-refractivity contribution in [2.24, 2.45) is 0 Å². The molecule has 0 N–H and O–H groups in total. The van der Waals surface area contributed by atoms with Gasteiger partial charge in [-0.15, -0.1) is 0 Å². The van der Waals surface area contributed by atoms with Crippen molar-refractivity contribution in [3.8, 4) is 5.75 Å². The number of rotatable bonds is 6. The molecule has 0 heterocycles. The third-order valence-electron chi connectivity index (χ3n) is 3.28. The van der Waals surface area contributed by atoms with Crippen molar-refractivity contribution < 1.29 is 14.3 Å². The molecule has 0 bridgehead atoms. The molecule has 2 aromatic rings. The van der Waals surface area contributed by atoms with Crippen molar-refractivity contribution in [2.45, 2.75) is 26.4 Å². The molecule has 3 nitrogen and oxygen atoms in total. The van der Waals surface area contributed by atoms with Crippen molar-refractivity contribution in [3.63, 3.8) is 0 Å². The number of esters is 1. The zero-order valence-electron chi connectivity index (χ0n) is 12.5. The Morgan fingerprint density at radius 2 is 1.81 bits per heavy atom. The highest BCUT2D eigenvalue weighted by atomic mass is 16.5. The number of benzene rings is 2. The van der Waals surface area contributed by atoms with Gasteiger partial charge in [-0.1, -0.05) is 49.7 Å². The third kappa shape index (κ3) is 3.85. The van der Waals surface area contributed by atoms with Crippen LogP contribution in [0.4, 0.5) is 0 Å². The van der Waals surface area contributed by atoms with Crippen LogP contribution in [0.2, 0.25) is 0 Å². The lowest BCUT2D eigenvalue weighted by atomic mass is 10.0. The van der Waals surface area contributed by atoms with Gasteiger partial charge in [0, 0.05) is 5.56 Å². The predicted octanol–water partition coefficient (Wildman–Crippen LogP) is 4.00. The molecule has 0 fully saturated rings. The quantitative estimate of drug-likeness (QED) is 0.752. The molecule has 0 aliphatic rings. The Labute approximate surface area is 125 Å². The van der Waals surface area contributed by atoms with Crippen LogP contribution in [-0.2, 0) is 17.8 Å². The molecule has 2 rings (SSSR count). The van der Waals surface area contributed by atoms with Crippen molar-refractivity contribution >= 4 is 5.97 Å². The maximum atomic E-state index is 11.9. The largest absolute Gasteiger partial charge is 0.489 e. The summed E-state index contributed by atoms with van der Waals surface area (Å²) < 4.78 is 10.7. The molecule has 0 amide bonds. The molecule has 3 heteroatoms. The number of ether oxygens (including phenoxy) is 2. The molecule has 0 unspecified atom stereocenters. The van der Waals surface area contributed by atoms with E-state index in [9.17, 15) is 4.79 Å². The Morgan fingerprint density at radius 3 is 2.48 bits per heavy atom. The van der Waals surface area contributed by atoms with Crippen LogP contribution < -0.4 is 4.74 Å². The van der Waals surface area contributed by atoms with E-state index in [0.29, 0.717) is 12.2 Å². The van der Waals surface area contributed by atoms with Crippen LogP contribution in [0.5, 0.6) is 5.75 Å². The second-order valence-corrected chi connectivity index (χ2v) is 4.80. The van der Waals surface area contributed by atoms with Crippen molar-refractivity contribution in [1.82, 2.24) is 0 Å². The summed E-state index contributed by atoms with van der Waals surface area (Å²) in [5, 5.41) is 0. The third-order valence-corrected chi connectivity index (χ3v) is 3.28. The van der Waals surface area contributed by atoms with Gasteiger partial charge >= 0.3 is 5.97 Å². The summed E-state index contributed by atoms with van der Waals surface area (Å²) in [6.45, 7) is 2.57. The summed E-state index contributed by atoms with van der Waals surface area (Å²) in [6.07, 6.45) is 1.73. The van der Waals surface area contributed by atoms with E-state index in [-0.39, 0.29) is 5.97 Å². The molecule has 2 aromatic carbocycles. The van der Waals surface area contributed by atoms with Gasteiger partial charge in [0.05, 0.1) is 12.7 Å². The average Bonchev–Trinajstić information content (AvgIpc) is 2.54. The van der Waals surface area contributed by atoms with Gasteiger partial charge in [0.2, 0.25) is 0 Å². The first-order valence-electron chi connectivity index (χ1n) is 7.13. The van der Waals surface area contributed by atoms with Crippen LogP contribution in [0, 0.1) is 0 Å². The fourth-order valence-electron chi connectivity index (χ4n) is 2.25. The van der Waals surface area contributed by atoms with Crippen LogP contribution >= 0.6 is 0 Å². The van der Waals surface area contributed by atoms with Gasteiger partial charge in [0.25, 0.3) is 0 Å². The van der Waals surface area contributed by atoms with E-state index in [0.717, 1.165) is 29.7 Å². The lowest BCUT2D eigenvalue weighted by molar-refractivity contribution is 0.0599. The van der Waals surface area contributed by atoms with Gasteiger partial charge < -0.3 is 9.47 Å². The van der Waals surface area contributed by atoms with E-state index < -0.39 is 0 Å². The van der Waals surface area contributed by atoms with Crippen LogP contribution in [0.3, 0.4) is 0 Å². The molecule has 0 aliphatic heterocycles. The monoisotopic (exact) mass is 284 g/mol. The number of carbonyl (C=O) groups is 1. The first-order chi connectivity index (χ1) is 10.3. The molecule has 0 saturated carbocycles. The van der Waals surface area contributed by atoms with E-state index in [2.05, 4.69) is 6.92 Å². The van der Waals surface area contributed by atoms with E-state index in [1.807, 2.05) is 42.5 Å². The first kappa shape index (κ1) is 15.1. The Bertz CT molecular complexity index is 591. The van der Waals surface area contributed by atoms with E-state index in [4.69, 9.17) is 9.47 Å². The number of methoxy groups -OCH3 is 1. The summed E-state index contributed by atoms with van der Waals surface area (Å²) in [6, 6.07) is 15.5. The molecule has 110 valence electrons. The lowest BCUT2D eigenvalue weighted by Crippen LogP contribution is -2.08. The minimum atomic E-state index is -0.316. The molecule has 0 atom stereocenters. The molecule has 0 aliphatic carbocycles. The molecular formula is C18H20O3. The van der Waals surface area contributed by atoms with Gasteiger partial charge in [-0.25, -0.2) is 4.79 Å². The highest BCUT2D eigenvalue weighted by Gasteiger charge is 2.15. The summed E-state index contributed by atoms with van der Waals surface area (Å²) in [7, 11) is 1.40. The average molecular weight is 284 g/mol. The van der Waals surface area contributed by atoms with Crippen molar-refractivity contribution in [1.29, 1.82) is 0 Å². The number of hydrogen-bond donors (Lipinski definition) is 0. The van der Waals surface area contributed by atoms with Crippen LogP contribution in [0.25, 0.3) is 0 Å². The Hall–Kier alpha value is -2.29. The second-order valence-electron chi connectivity index (χ2n) is 4.80. The summed E-state index contributed by atoms with van der Waals surface area (Å²) in [5.41, 5.74) is 2.61. The molecule has 0 saturated heterocycles. The maximum Gasteiger partial charge on any atom is 0.338 e.